The van der Waals surface area contributed by atoms with Crippen LogP contribution in [0.5, 0.6) is 0 Å². The van der Waals surface area contributed by atoms with Crippen LogP contribution in [0.15, 0.2) is 60.0 Å². The number of nitrogens with zero attached hydrogens (tertiary/aromatic N) is 2. The number of nitrogens with one attached hydrogen (secondary N) is 2. The van der Waals surface area contributed by atoms with Crippen LogP contribution in [0, 0.1) is 0 Å². The summed E-state index contributed by atoms with van der Waals surface area (Å²) in [5, 5.41) is 14.0. The number of aromatic amines is 1. The number of morpholine rings is 1. The van der Waals surface area contributed by atoms with Gasteiger partial charge in [-0.1, -0.05) is 18.2 Å². The first-order valence-electron chi connectivity index (χ1n) is 12.5. The zero-order chi connectivity index (χ0) is 24.4. The zero-order valence-electron chi connectivity index (χ0n) is 20.2. The molecule has 0 radical (unpaired) electrons. The Kier molecular flexibility index (Phi) is 6.48. The van der Waals surface area contributed by atoms with Gasteiger partial charge in [0.25, 0.3) is 5.91 Å². The molecule has 4 heterocycles. The second kappa shape index (κ2) is 10.0. The van der Waals surface area contributed by atoms with E-state index in [0.29, 0.717) is 12.1 Å². The maximum atomic E-state index is 13.2. The van der Waals surface area contributed by atoms with Crippen molar-refractivity contribution in [1.82, 2.24) is 15.5 Å². The quantitative estimate of drug-likeness (QED) is 0.403. The first-order chi connectivity index (χ1) is 17.7. The molecule has 1 amide bonds. The Morgan fingerprint density at radius 2 is 1.81 bits per heavy atom. The highest BCUT2D eigenvalue weighted by Gasteiger charge is 2.35. The van der Waals surface area contributed by atoms with E-state index in [4.69, 9.17) is 9.47 Å². The van der Waals surface area contributed by atoms with Crippen LogP contribution >= 0.6 is 11.3 Å². The maximum Gasteiger partial charge on any atom is 0.251 e. The van der Waals surface area contributed by atoms with Gasteiger partial charge < -0.3 is 19.7 Å². The molecule has 2 fully saturated rings. The van der Waals surface area contributed by atoms with Gasteiger partial charge in [0.1, 0.15) is 0 Å². The Balaban J connectivity index is 1.21. The second-order valence-electron chi connectivity index (χ2n) is 9.53. The molecule has 2 aliphatic rings. The molecule has 2 aromatic heterocycles. The summed E-state index contributed by atoms with van der Waals surface area (Å²) in [7, 11) is 0. The highest BCUT2D eigenvalue weighted by molar-refractivity contribution is 7.10. The number of ether oxygens (including phenoxy) is 2. The van der Waals surface area contributed by atoms with Crippen molar-refractivity contribution in [2.75, 3.05) is 51.0 Å². The van der Waals surface area contributed by atoms with Crippen LogP contribution in [0.4, 0.5) is 5.69 Å². The molecule has 0 unspecified atom stereocenters. The van der Waals surface area contributed by atoms with E-state index in [-0.39, 0.29) is 11.3 Å². The number of carbonyl (C=O) groups is 1. The minimum Gasteiger partial charge on any atom is -0.381 e. The Morgan fingerprint density at radius 1 is 1.03 bits per heavy atom. The van der Waals surface area contributed by atoms with Gasteiger partial charge >= 0.3 is 0 Å². The topological polar surface area (TPSA) is 79.5 Å². The lowest BCUT2D eigenvalue weighted by molar-refractivity contribution is 0.0499. The number of anilines is 1. The fourth-order valence-electron chi connectivity index (χ4n) is 5.23. The van der Waals surface area contributed by atoms with Gasteiger partial charge in [-0.05, 0) is 54.6 Å². The van der Waals surface area contributed by atoms with Crippen molar-refractivity contribution >= 4 is 33.8 Å². The monoisotopic (exact) mass is 502 g/mol. The predicted molar refractivity (Wildman–Crippen MR) is 143 cm³/mol. The number of rotatable bonds is 6. The van der Waals surface area contributed by atoms with Crippen LogP contribution in [0.3, 0.4) is 0 Å². The summed E-state index contributed by atoms with van der Waals surface area (Å²) in [6.45, 7) is 5.39. The lowest BCUT2D eigenvalue weighted by Gasteiger charge is -2.36. The summed E-state index contributed by atoms with van der Waals surface area (Å²) < 4.78 is 11.1. The number of aromatic nitrogens is 2. The van der Waals surface area contributed by atoms with Gasteiger partial charge in [-0.15, -0.1) is 11.3 Å². The molecule has 186 valence electrons. The average molecular weight is 503 g/mol. The third-order valence-corrected chi connectivity index (χ3v) is 8.54. The molecule has 7 nitrogen and oxygen atoms in total. The van der Waals surface area contributed by atoms with Gasteiger partial charge in [-0.3, -0.25) is 9.89 Å². The lowest BCUT2D eigenvalue weighted by atomic mass is 9.78. The number of carbonyl (C=O) groups excluding carboxylic acids is 1. The Hall–Kier alpha value is -3.20. The van der Waals surface area contributed by atoms with Crippen LogP contribution in [0.1, 0.15) is 28.1 Å². The molecule has 0 aliphatic carbocycles. The van der Waals surface area contributed by atoms with Gasteiger partial charge in [-0.2, -0.15) is 5.10 Å². The number of thiophene rings is 1. The molecule has 0 atom stereocenters. The zero-order valence-corrected chi connectivity index (χ0v) is 21.0. The van der Waals surface area contributed by atoms with Crippen molar-refractivity contribution in [1.29, 1.82) is 0 Å². The van der Waals surface area contributed by atoms with Crippen molar-refractivity contribution in [3.8, 4) is 11.3 Å². The van der Waals surface area contributed by atoms with Crippen LogP contribution < -0.4 is 10.2 Å². The van der Waals surface area contributed by atoms with E-state index >= 15 is 0 Å². The summed E-state index contributed by atoms with van der Waals surface area (Å²) >= 11 is 1.76. The number of fused-ring (bicyclic) bond motifs is 1. The largest absolute Gasteiger partial charge is 0.381 e. The van der Waals surface area contributed by atoms with E-state index in [1.54, 1.807) is 11.3 Å². The molecule has 2 saturated heterocycles. The van der Waals surface area contributed by atoms with Crippen molar-refractivity contribution in [3.63, 3.8) is 0 Å². The minimum absolute atomic E-state index is 0.0603. The summed E-state index contributed by atoms with van der Waals surface area (Å²) in [4.78, 5) is 16.9. The third-order valence-electron chi connectivity index (χ3n) is 7.42. The summed E-state index contributed by atoms with van der Waals surface area (Å²) in [6.07, 6.45) is 1.83. The first kappa shape index (κ1) is 23.2. The van der Waals surface area contributed by atoms with E-state index in [1.807, 2.05) is 18.2 Å². The standard InChI is InChI=1S/C28H30N4O3S/c33-27(29-19-28(9-13-34-14-10-28)25-2-1-17-36-25)21-5-8-24-23(18-21)26(31-30-24)20-3-6-22(7-4-20)32-11-15-35-16-12-32/h1-8,17-18H,9-16,19H2,(H,29,33)(H,30,31). The Morgan fingerprint density at radius 3 is 2.56 bits per heavy atom. The van der Waals surface area contributed by atoms with Gasteiger partial charge in [0, 0.05) is 65.3 Å². The fraction of sp³-hybridized carbons (Fsp3) is 0.357. The number of amides is 1. The molecule has 0 bridgehead atoms. The molecule has 2 aliphatic heterocycles. The van der Waals surface area contributed by atoms with E-state index in [1.165, 1.54) is 10.6 Å². The third kappa shape index (κ3) is 4.52. The molecular formula is C28H30N4O3S. The molecular weight excluding hydrogens is 472 g/mol. The Bertz CT molecular complexity index is 1320. The molecule has 8 heteroatoms. The molecule has 2 N–H and O–H groups in total. The normalized spacial score (nSPS) is 17.8. The average Bonchev–Trinajstić information content (AvgIpc) is 3.64. The van der Waals surface area contributed by atoms with Gasteiger partial charge in [0.05, 0.1) is 24.4 Å². The van der Waals surface area contributed by atoms with Crippen molar-refractivity contribution in [2.24, 2.45) is 0 Å². The molecule has 2 aromatic carbocycles. The van der Waals surface area contributed by atoms with Gasteiger partial charge in [-0.25, -0.2) is 0 Å². The first-order valence-corrected chi connectivity index (χ1v) is 13.4. The smallest absolute Gasteiger partial charge is 0.251 e. The number of H-pyrrole nitrogens is 1. The van der Waals surface area contributed by atoms with Gasteiger partial charge in [0.15, 0.2) is 0 Å². The number of hydrogen-bond donors (Lipinski definition) is 2. The SMILES string of the molecule is O=C(NCC1(c2cccs2)CCOCC1)c1ccc2[nH]nc(-c3ccc(N4CCOCC4)cc3)c2c1. The van der Waals surface area contributed by atoms with E-state index < -0.39 is 0 Å². The molecule has 4 aromatic rings. The van der Waals surface area contributed by atoms with Crippen LogP contribution in [-0.4, -0.2) is 62.2 Å². The highest BCUT2D eigenvalue weighted by Crippen LogP contribution is 2.37. The summed E-state index contributed by atoms with van der Waals surface area (Å²) in [5.41, 5.74) is 4.56. The van der Waals surface area contributed by atoms with Crippen molar-refractivity contribution in [3.05, 3.63) is 70.4 Å². The molecule has 0 saturated carbocycles. The molecule has 36 heavy (non-hydrogen) atoms. The number of hydrogen-bond acceptors (Lipinski definition) is 6. The minimum atomic E-state index is -0.0610. The molecule has 0 spiro atoms. The number of benzene rings is 2. The highest BCUT2D eigenvalue weighted by atomic mass is 32.1. The van der Waals surface area contributed by atoms with Crippen LogP contribution in [-0.2, 0) is 14.9 Å². The van der Waals surface area contributed by atoms with E-state index in [2.05, 4.69) is 62.2 Å². The summed E-state index contributed by atoms with van der Waals surface area (Å²) in [6, 6.07) is 18.5. The molecule has 6 rings (SSSR count). The second-order valence-corrected chi connectivity index (χ2v) is 10.5. The van der Waals surface area contributed by atoms with E-state index in [9.17, 15) is 4.79 Å². The van der Waals surface area contributed by atoms with Crippen LogP contribution in [0.2, 0.25) is 0 Å². The predicted octanol–water partition coefficient (Wildman–Crippen LogP) is 4.61. The van der Waals surface area contributed by atoms with Crippen molar-refractivity contribution in [2.45, 2.75) is 18.3 Å². The Labute approximate surface area is 214 Å². The fourth-order valence-corrected chi connectivity index (χ4v) is 6.22. The lowest BCUT2D eigenvalue weighted by Crippen LogP contribution is -2.44. The van der Waals surface area contributed by atoms with Crippen molar-refractivity contribution < 1.29 is 14.3 Å². The van der Waals surface area contributed by atoms with E-state index in [0.717, 1.165) is 74.5 Å². The van der Waals surface area contributed by atoms with Crippen LogP contribution in [0.25, 0.3) is 22.2 Å². The maximum absolute atomic E-state index is 13.2. The van der Waals surface area contributed by atoms with Gasteiger partial charge in [0.2, 0.25) is 0 Å². The summed E-state index contributed by atoms with van der Waals surface area (Å²) in [5.74, 6) is -0.0610.